The molecule has 2 bridgehead atoms. The quantitative estimate of drug-likeness (QED) is 0.362. The standard InChI is InChI=1S/C14H11F5O2/c15-9-8(10(16)12(18)13(19)11(9)17)14(20)5-3-6-1-2-7(4-5)21-6/h5-7H,1-4H2. The fourth-order valence-electron chi connectivity index (χ4n) is 3.10. The summed E-state index contributed by atoms with van der Waals surface area (Å²) in [7, 11) is 0. The summed E-state index contributed by atoms with van der Waals surface area (Å²) in [6, 6.07) is 0. The number of ketones is 1. The topological polar surface area (TPSA) is 26.3 Å². The van der Waals surface area contributed by atoms with Crippen LogP contribution in [-0.2, 0) is 4.74 Å². The second-order valence-electron chi connectivity index (χ2n) is 5.43. The van der Waals surface area contributed by atoms with Crippen molar-refractivity contribution in [2.45, 2.75) is 37.9 Å². The molecule has 7 heteroatoms. The van der Waals surface area contributed by atoms with Crippen molar-refractivity contribution in [3.05, 3.63) is 34.6 Å². The summed E-state index contributed by atoms with van der Waals surface area (Å²) in [5.41, 5.74) is -1.34. The van der Waals surface area contributed by atoms with Crippen molar-refractivity contribution >= 4 is 5.78 Å². The van der Waals surface area contributed by atoms with E-state index < -0.39 is 46.4 Å². The Bertz CT molecular complexity index is 575. The Labute approximate surface area is 116 Å². The highest BCUT2D eigenvalue weighted by Crippen LogP contribution is 2.38. The Morgan fingerprint density at radius 2 is 1.24 bits per heavy atom. The summed E-state index contributed by atoms with van der Waals surface area (Å²) in [5, 5.41) is 0. The molecule has 2 atom stereocenters. The van der Waals surface area contributed by atoms with Gasteiger partial charge in [-0.1, -0.05) is 0 Å². The summed E-state index contributed by atoms with van der Waals surface area (Å²) in [6.45, 7) is 0. The Balaban J connectivity index is 1.99. The van der Waals surface area contributed by atoms with Gasteiger partial charge in [0.1, 0.15) is 0 Å². The minimum atomic E-state index is -2.26. The summed E-state index contributed by atoms with van der Waals surface area (Å²) in [6.07, 6.45) is 1.61. The molecule has 0 aromatic heterocycles. The monoisotopic (exact) mass is 306 g/mol. The molecule has 3 rings (SSSR count). The maximum absolute atomic E-state index is 13.6. The van der Waals surface area contributed by atoms with Gasteiger partial charge in [0.15, 0.2) is 29.1 Å². The van der Waals surface area contributed by atoms with Gasteiger partial charge in [-0.2, -0.15) is 0 Å². The molecule has 2 fully saturated rings. The number of hydrogen-bond acceptors (Lipinski definition) is 2. The number of hydrogen-bond donors (Lipinski definition) is 0. The lowest BCUT2D eigenvalue weighted by atomic mass is 9.87. The number of Topliss-reactive ketones (excluding diaryl/α,β-unsaturated/α-hetero) is 1. The van der Waals surface area contributed by atoms with Gasteiger partial charge in [0.05, 0.1) is 17.8 Å². The van der Waals surface area contributed by atoms with Gasteiger partial charge in [0.25, 0.3) is 0 Å². The van der Waals surface area contributed by atoms with E-state index in [4.69, 9.17) is 4.74 Å². The highest BCUT2D eigenvalue weighted by Gasteiger charge is 2.41. The van der Waals surface area contributed by atoms with Gasteiger partial charge in [0.2, 0.25) is 5.82 Å². The van der Waals surface area contributed by atoms with Gasteiger partial charge in [-0.05, 0) is 25.7 Å². The average molecular weight is 306 g/mol. The van der Waals surface area contributed by atoms with E-state index in [2.05, 4.69) is 0 Å². The number of ether oxygens (including phenoxy) is 1. The van der Waals surface area contributed by atoms with Crippen molar-refractivity contribution in [2.75, 3.05) is 0 Å². The summed E-state index contributed by atoms with van der Waals surface area (Å²) in [4.78, 5) is 12.2. The lowest BCUT2D eigenvalue weighted by Crippen LogP contribution is -2.31. The highest BCUT2D eigenvalue weighted by molar-refractivity contribution is 5.98. The maximum atomic E-state index is 13.6. The third-order valence-corrected chi connectivity index (χ3v) is 4.12. The summed E-state index contributed by atoms with van der Waals surface area (Å²) < 4.78 is 72.1. The molecule has 0 radical (unpaired) electrons. The van der Waals surface area contributed by atoms with Crippen LogP contribution < -0.4 is 0 Å². The van der Waals surface area contributed by atoms with Crippen molar-refractivity contribution < 1.29 is 31.5 Å². The van der Waals surface area contributed by atoms with Crippen LogP contribution in [0.25, 0.3) is 0 Å². The normalized spacial score (nSPS) is 28.0. The Hall–Kier alpha value is -1.50. The van der Waals surface area contributed by atoms with Crippen LogP contribution in [0.3, 0.4) is 0 Å². The van der Waals surface area contributed by atoms with E-state index in [1.165, 1.54) is 0 Å². The van der Waals surface area contributed by atoms with Crippen LogP contribution >= 0.6 is 0 Å². The van der Waals surface area contributed by atoms with Crippen molar-refractivity contribution in [1.29, 1.82) is 0 Å². The van der Waals surface area contributed by atoms with E-state index >= 15 is 0 Å². The molecule has 1 aromatic carbocycles. The number of rotatable bonds is 2. The van der Waals surface area contributed by atoms with Crippen LogP contribution in [0.5, 0.6) is 0 Å². The molecule has 0 spiro atoms. The van der Waals surface area contributed by atoms with Crippen molar-refractivity contribution in [3.8, 4) is 0 Å². The molecular formula is C14H11F5O2. The van der Waals surface area contributed by atoms with Gasteiger partial charge in [-0.15, -0.1) is 0 Å². The molecule has 0 N–H and O–H groups in total. The SMILES string of the molecule is O=C(c1c(F)c(F)c(F)c(F)c1F)C1CC2CCC(C1)O2. The molecule has 2 nitrogen and oxygen atoms in total. The fraction of sp³-hybridized carbons (Fsp3) is 0.500. The Morgan fingerprint density at radius 3 is 1.71 bits per heavy atom. The van der Waals surface area contributed by atoms with E-state index in [-0.39, 0.29) is 25.0 Å². The summed E-state index contributed by atoms with van der Waals surface area (Å²) in [5.74, 6) is -12.4. The Kier molecular flexibility index (Phi) is 3.47. The molecule has 2 saturated heterocycles. The largest absolute Gasteiger partial charge is 0.375 e. The third-order valence-electron chi connectivity index (χ3n) is 4.12. The first-order chi connectivity index (χ1) is 9.90. The van der Waals surface area contributed by atoms with E-state index in [9.17, 15) is 26.7 Å². The summed E-state index contributed by atoms with van der Waals surface area (Å²) >= 11 is 0. The number of fused-ring (bicyclic) bond motifs is 2. The van der Waals surface area contributed by atoms with Crippen molar-refractivity contribution in [1.82, 2.24) is 0 Å². The number of carbonyl (C=O) groups excluding carboxylic acids is 1. The van der Waals surface area contributed by atoms with Crippen molar-refractivity contribution in [3.63, 3.8) is 0 Å². The predicted molar refractivity (Wildman–Crippen MR) is 61.2 cm³/mol. The molecule has 2 heterocycles. The van der Waals surface area contributed by atoms with E-state index in [1.807, 2.05) is 0 Å². The smallest absolute Gasteiger partial charge is 0.200 e. The molecule has 2 unspecified atom stereocenters. The second kappa shape index (κ2) is 5.05. The lowest BCUT2D eigenvalue weighted by Gasteiger charge is -2.27. The zero-order valence-corrected chi connectivity index (χ0v) is 10.8. The zero-order valence-electron chi connectivity index (χ0n) is 10.8. The van der Waals surface area contributed by atoms with Crippen LogP contribution in [0.4, 0.5) is 22.0 Å². The minimum absolute atomic E-state index is 0.182. The van der Waals surface area contributed by atoms with E-state index in [1.54, 1.807) is 0 Å². The van der Waals surface area contributed by atoms with Crippen LogP contribution in [-0.4, -0.2) is 18.0 Å². The van der Waals surface area contributed by atoms with Gasteiger partial charge in [-0.25, -0.2) is 22.0 Å². The predicted octanol–water partition coefficient (Wildman–Crippen LogP) is 3.52. The van der Waals surface area contributed by atoms with Crippen LogP contribution in [0.15, 0.2) is 0 Å². The molecule has 2 aliphatic rings. The molecule has 2 aliphatic heterocycles. The van der Waals surface area contributed by atoms with Gasteiger partial charge < -0.3 is 4.74 Å². The minimum Gasteiger partial charge on any atom is -0.375 e. The number of carbonyl (C=O) groups is 1. The van der Waals surface area contributed by atoms with Crippen LogP contribution in [0.2, 0.25) is 0 Å². The van der Waals surface area contributed by atoms with Crippen molar-refractivity contribution in [2.24, 2.45) is 5.92 Å². The maximum Gasteiger partial charge on any atom is 0.200 e. The first-order valence-electron chi connectivity index (χ1n) is 6.61. The molecule has 0 saturated carbocycles. The van der Waals surface area contributed by atoms with E-state index in [0.29, 0.717) is 0 Å². The van der Waals surface area contributed by atoms with Gasteiger partial charge >= 0.3 is 0 Å². The highest BCUT2D eigenvalue weighted by atomic mass is 19.2. The zero-order chi connectivity index (χ0) is 15.3. The fourth-order valence-corrected chi connectivity index (χ4v) is 3.10. The molecule has 21 heavy (non-hydrogen) atoms. The van der Waals surface area contributed by atoms with Crippen LogP contribution in [0.1, 0.15) is 36.0 Å². The average Bonchev–Trinajstić information content (AvgIpc) is 2.81. The molecular weight excluding hydrogens is 295 g/mol. The van der Waals surface area contributed by atoms with Gasteiger partial charge in [0, 0.05) is 5.92 Å². The molecule has 114 valence electrons. The molecule has 0 amide bonds. The van der Waals surface area contributed by atoms with Gasteiger partial charge in [-0.3, -0.25) is 4.79 Å². The van der Waals surface area contributed by atoms with Crippen LogP contribution in [0, 0.1) is 35.0 Å². The first kappa shape index (κ1) is 14.4. The molecule has 0 aliphatic carbocycles. The number of benzene rings is 1. The first-order valence-corrected chi connectivity index (χ1v) is 6.61. The lowest BCUT2D eigenvalue weighted by molar-refractivity contribution is -0.0151. The Morgan fingerprint density at radius 1 is 0.810 bits per heavy atom. The second-order valence-corrected chi connectivity index (χ2v) is 5.43. The van der Waals surface area contributed by atoms with E-state index in [0.717, 1.165) is 12.8 Å². The number of halogens is 5. The third kappa shape index (κ3) is 2.23. The molecule has 1 aromatic rings.